The van der Waals surface area contributed by atoms with E-state index in [1.165, 1.54) is 5.56 Å². The normalized spacial score (nSPS) is 20.2. The van der Waals surface area contributed by atoms with E-state index < -0.39 is 0 Å². The molecule has 0 aliphatic carbocycles. The quantitative estimate of drug-likeness (QED) is 0.630. The molecule has 0 radical (unpaired) electrons. The number of carbonyl (C=O) groups is 2. The number of fused-ring (bicyclic) bond motifs is 1. The molecule has 2 fully saturated rings. The zero-order valence-corrected chi connectivity index (χ0v) is 20.8. The van der Waals surface area contributed by atoms with Crippen molar-refractivity contribution in [3.05, 3.63) is 47.2 Å². The fourth-order valence-electron chi connectivity index (χ4n) is 5.05. The highest BCUT2D eigenvalue weighted by Gasteiger charge is 2.38. The molecule has 2 aromatic rings. The summed E-state index contributed by atoms with van der Waals surface area (Å²) in [6, 6.07) is 10.3. The van der Waals surface area contributed by atoms with Crippen LogP contribution >= 0.6 is 0 Å². The molecule has 0 spiro atoms. The largest absolute Gasteiger partial charge is 0.372 e. The van der Waals surface area contributed by atoms with E-state index in [1.807, 2.05) is 41.8 Å². The maximum atomic E-state index is 13.2. The Balaban J connectivity index is 1.37. The third-order valence-corrected chi connectivity index (χ3v) is 7.17. The molecule has 9 nitrogen and oxygen atoms in total. The Kier molecular flexibility index (Phi) is 6.60. The average Bonchev–Trinajstić information content (AvgIpc) is 3.48. The van der Waals surface area contributed by atoms with Crippen molar-refractivity contribution in [3.63, 3.8) is 0 Å². The van der Waals surface area contributed by atoms with Gasteiger partial charge in [-0.3, -0.25) is 9.59 Å². The highest BCUT2D eigenvalue weighted by molar-refractivity contribution is 5.98. The van der Waals surface area contributed by atoms with Gasteiger partial charge in [0.1, 0.15) is 11.5 Å². The van der Waals surface area contributed by atoms with Gasteiger partial charge in [-0.05, 0) is 25.8 Å². The first-order chi connectivity index (χ1) is 16.9. The minimum absolute atomic E-state index is 0.0293. The van der Waals surface area contributed by atoms with Crippen LogP contribution in [0.4, 0.5) is 11.8 Å². The van der Waals surface area contributed by atoms with Gasteiger partial charge in [-0.2, -0.15) is 4.98 Å². The molecule has 0 N–H and O–H groups in total. The van der Waals surface area contributed by atoms with Crippen molar-refractivity contribution in [1.82, 2.24) is 19.8 Å². The molecule has 5 rings (SSSR count). The summed E-state index contributed by atoms with van der Waals surface area (Å²) in [6.07, 6.45) is 1.03. The fraction of sp³-hybridized carbons (Fsp3) is 0.538. The van der Waals surface area contributed by atoms with Gasteiger partial charge in [0, 0.05) is 57.8 Å². The van der Waals surface area contributed by atoms with E-state index in [1.54, 1.807) is 6.92 Å². The molecule has 1 atom stereocenters. The third kappa shape index (κ3) is 4.82. The predicted molar refractivity (Wildman–Crippen MR) is 133 cm³/mol. The summed E-state index contributed by atoms with van der Waals surface area (Å²) in [5.41, 5.74) is 2.60. The lowest BCUT2D eigenvalue weighted by molar-refractivity contribution is -0.129. The highest BCUT2D eigenvalue weighted by atomic mass is 16.5. The van der Waals surface area contributed by atoms with E-state index in [-0.39, 0.29) is 24.0 Å². The van der Waals surface area contributed by atoms with E-state index in [9.17, 15) is 9.59 Å². The number of nitrogens with zero attached hydrogens (tertiary/aromatic N) is 6. The number of piperazine rings is 1. The minimum Gasteiger partial charge on any atom is -0.372 e. The molecule has 1 unspecified atom stereocenters. The van der Waals surface area contributed by atoms with E-state index in [0.717, 1.165) is 30.9 Å². The van der Waals surface area contributed by atoms with Crippen molar-refractivity contribution in [2.45, 2.75) is 52.5 Å². The van der Waals surface area contributed by atoms with Gasteiger partial charge in [0.2, 0.25) is 11.9 Å². The average molecular weight is 479 g/mol. The lowest BCUT2D eigenvalue weighted by Gasteiger charge is -2.34. The Morgan fingerprint density at radius 2 is 1.80 bits per heavy atom. The summed E-state index contributed by atoms with van der Waals surface area (Å²) < 4.78 is 6.21. The van der Waals surface area contributed by atoms with Crippen LogP contribution in [0.5, 0.6) is 0 Å². The second kappa shape index (κ2) is 9.81. The van der Waals surface area contributed by atoms with Crippen LogP contribution in [-0.4, -0.2) is 83.0 Å². The van der Waals surface area contributed by atoms with E-state index >= 15 is 0 Å². The molecule has 1 aromatic carbocycles. The molecular formula is C26H34N6O3. The summed E-state index contributed by atoms with van der Waals surface area (Å²) >= 11 is 0. The predicted octanol–water partition coefficient (Wildman–Crippen LogP) is 2.30. The number of benzene rings is 1. The van der Waals surface area contributed by atoms with Gasteiger partial charge >= 0.3 is 0 Å². The Hall–Kier alpha value is -3.20. The van der Waals surface area contributed by atoms with Crippen molar-refractivity contribution >= 4 is 23.6 Å². The van der Waals surface area contributed by atoms with Crippen molar-refractivity contribution in [1.29, 1.82) is 0 Å². The molecule has 9 heteroatoms. The second-order valence-corrected chi connectivity index (χ2v) is 9.85. The smallest absolute Gasteiger partial charge is 0.273 e. The van der Waals surface area contributed by atoms with E-state index in [4.69, 9.17) is 14.7 Å². The summed E-state index contributed by atoms with van der Waals surface area (Å²) in [4.78, 5) is 42.8. The lowest BCUT2D eigenvalue weighted by Crippen LogP contribution is -2.48. The fourth-order valence-corrected chi connectivity index (χ4v) is 5.05. The maximum absolute atomic E-state index is 13.2. The standard InChI is InChI=1S/C26H34N6O3/c1-18(2)32-16-22-23(25(32)34)27-26(30-13-11-29(12-14-30)19(3)33)28-24(22)31-10-9-21(15-31)35-17-20-7-5-4-6-8-20/h4-8,18,21H,9-17H2,1-3H3. The Morgan fingerprint density at radius 3 is 2.49 bits per heavy atom. The van der Waals surface area contributed by atoms with Crippen molar-refractivity contribution < 1.29 is 14.3 Å². The number of aromatic nitrogens is 2. The number of hydrogen-bond donors (Lipinski definition) is 0. The number of carbonyl (C=O) groups excluding carboxylic acids is 2. The van der Waals surface area contributed by atoms with E-state index in [0.29, 0.717) is 51.0 Å². The van der Waals surface area contributed by atoms with Crippen molar-refractivity contribution in [3.8, 4) is 0 Å². The van der Waals surface area contributed by atoms with Crippen LogP contribution in [0.1, 0.15) is 48.8 Å². The molecule has 2 amide bonds. The highest BCUT2D eigenvalue weighted by Crippen LogP contribution is 2.34. The van der Waals surface area contributed by atoms with Crippen molar-refractivity contribution in [2.24, 2.45) is 0 Å². The van der Waals surface area contributed by atoms with Gasteiger partial charge in [-0.15, -0.1) is 0 Å². The number of hydrogen-bond acceptors (Lipinski definition) is 7. The maximum Gasteiger partial charge on any atom is 0.273 e. The van der Waals surface area contributed by atoms with Gasteiger partial charge in [0.05, 0.1) is 19.3 Å². The number of rotatable bonds is 6. The molecule has 4 heterocycles. The molecule has 2 saturated heterocycles. The summed E-state index contributed by atoms with van der Waals surface area (Å²) in [5.74, 6) is 1.48. The van der Waals surface area contributed by atoms with Crippen LogP contribution < -0.4 is 9.80 Å². The number of anilines is 2. The Morgan fingerprint density at radius 1 is 1.06 bits per heavy atom. The summed E-state index contributed by atoms with van der Waals surface area (Å²) in [5, 5.41) is 0. The Bertz CT molecular complexity index is 1080. The molecule has 3 aliphatic heterocycles. The van der Waals surface area contributed by atoms with E-state index in [2.05, 4.69) is 21.9 Å². The first kappa shape index (κ1) is 23.5. The molecule has 35 heavy (non-hydrogen) atoms. The number of ether oxygens (including phenoxy) is 1. The van der Waals surface area contributed by atoms with Gasteiger partial charge in [0.15, 0.2) is 0 Å². The van der Waals surface area contributed by atoms with Crippen LogP contribution in [0.3, 0.4) is 0 Å². The van der Waals surface area contributed by atoms with Crippen LogP contribution in [-0.2, 0) is 22.7 Å². The van der Waals surface area contributed by atoms with Gasteiger partial charge in [0.25, 0.3) is 5.91 Å². The van der Waals surface area contributed by atoms with Crippen LogP contribution in [0, 0.1) is 0 Å². The number of amides is 2. The SMILES string of the molecule is CC(=O)N1CCN(c2nc3c(c(N4CCC(OCc5ccccc5)C4)n2)CN(C(C)C)C3=O)CC1. The molecular weight excluding hydrogens is 444 g/mol. The lowest BCUT2D eigenvalue weighted by atomic mass is 10.2. The second-order valence-electron chi connectivity index (χ2n) is 9.85. The first-order valence-corrected chi connectivity index (χ1v) is 12.5. The zero-order valence-electron chi connectivity index (χ0n) is 20.8. The monoisotopic (exact) mass is 478 g/mol. The molecule has 0 saturated carbocycles. The van der Waals surface area contributed by atoms with Crippen LogP contribution in [0.2, 0.25) is 0 Å². The van der Waals surface area contributed by atoms with Gasteiger partial charge in [-0.1, -0.05) is 30.3 Å². The summed E-state index contributed by atoms with van der Waals surface area (Å²) in [7, 11) is 0. The molecule has 186 valence electrons. The summed E-state index contributed by atoms with van der Waals surface area (Å²) in [6.45, 7) is 10.9. The van der Waals surface area contributed by atoms with Crippen LogP contribution in [0.15, 0.2) is 30.3 Å². The van der Waals surface area contributed by atoms with Gasteiger partial charge in [-0.25, -0.2) is 4.98 Å². The van der Waals surface area contributed by atoms with Crippen molar-refractivity contribution in [2.75, 3.05) is 49.1 Å². The molecule has 3 aliphatic rings. The zero-order chi connectivity index (χ0) is 24.5. The molecule has 1 aromatic heterocycles. The van der Waals surface area contributed by atoms with Crippen LogP contribution in [0.25, 0.3) is 0 Å². The first-order valence-electron chi connectivity index (χ1n) is 12.5. The molecule has 0 bridgehead atoms. The minimum atomic E-state index is -0.0293. The topological polar surface area (TPSA) is 82.1 Å². The third-order valence-electron chi connectivity index (χ3n) is 7.17. The van der Waals surface area contributed by atoms with Gasteiger partial charge < -0.3 is 24.3 Å². The Labute approximate surface area is 206 Å².